The highest BCUT2D eigenvalue weighted by molar-refractivity contribution is 7.20. The molecule has 1 N–H and O–H groups in total. The third-order valence-corrected chi connectivity index (χ3v) is 3.92. The maximum atomic E-state index is 12.9. The van der Waals surface area contributed by atoms with Gasteiger partial charge in [0.25, 0.3) is 5.56 Å². The van der Waals surface area contributed by atoms with E-state index in [0.717, 1.165) is 5.56 Å². The number of aryl methyl sites for hydroxylation is 1. The van der Waals surface area contributed by atoms with Crippen molar-refractivity contribution in [3.8, 4) is 0 Å². The Hall–Kier alpha value is -2.28. The summed E-state index contributed by atoms with van der Waals surface area (Å²) in [5.74, 6) is -0.267. The van der Waals surface area contributed by atoms with Gasteiger partial charge in [0.2, 0.25) is 10.1 Å². The minimum absolute atomic E-state index is 0.0528. The van der Waals surface area contributed by atoms with E-state index in [4.69, 9.17) is 0 Å². The van der Waals surface area contributed by atoms with Crippen LogP contribution in [0.4, 0.5) is 9.52 Å². The topological polar surface area (TPSA) is 59.3 Å². The highest BCUT2D eigenvalue weighted by Gasteiger charge is 2.11. The number of halogens is 1. The zero-order chi connectivity index (χ0) is 15.0. The number of anilines is 1. The summed E-state index contributed by atoms with van der Waals surface area (Å²) >= 11 is 1.31. The van der Waals surface area contributed by atoms with E-state index in [1.54, 1.807) is 19.1 Å². The second kappa shape index (κ2) is 5.25. The molecule has 2 aromatic heterocycles. The molecular formula is C14H13FN4OS. The van der Waals surface area contributed by atoms with Crippen molar-refractivity contribution in [2.45, 2.75) is 19.9 Å². The average Bonchev–Trinajstić information content (AvgIpc) is 2.82. The van der Waals surface area contributed by atoms with Crippen molar-refractivity contribution in [3.63, 3.8) is 0 Å². The molecule has 0 aliphatic carbocycles. The minimum Gasteiger partial charge on any atom is -0.354 e. The third-order valence-electron chi connectivity index (χ3n) is 3.08. The monoisotopic (exact) mass is 304 g/mol. The van der Waals surface area contributed by atoms with Crippen molar-refractivity contribution in [1.29, 1.82) is 0 Å². The Kier molecular flexibility index (Phi) is 3.42. The molecule has 1 atom stereocenters. The average molecular weight is 304 g/mol. The summed E-state index contributed by atoms with van der Waals surface area (Å²) in [4.78, 5) is 16.6. The van der Waals surface area contributed by atoms with Gasteiger partial charge in [-0.15, -0.1) is 5.10 Å². The first kappa shape index (κ1) is 13.7. The molecule has 0 saturated carbocycles. The highest BCUT2D eigenvalue weighted by atomic mass is 32.1. The van der Waals surface area contributed by atoms with Gasteiger partial charge in [-0.05, 0) is 31.5 Å². The van der Waals surface area contributed by atoms with Crippen LogP contribution in [0.5, 0.6) is 0 Å². The number of benzene rings is 1. The van der Waals surface area contributed by atoms with E-state index in [2.05, 4.69) is 15.4 Å². The lowest BCUT2D eigenvalue weighted by molar-refractivity contribution is 0.626. The molecule has 0 spiro atoms. The summed E-state index contributed by atoms with van der Waals surface area (Å²) in [6, 6.07) is 7.66. The molecule has 3 rings (SSSR count). The fraction of sp³-hybridized carbons (Fsp3) is 0.214. The number of nitrogens with zero attached hydrogens (tertiary/aromatic N) is 3. The lowest BCUT2D eigenvalue weighted by atomic mass is 10.1. The zero-order valence-electron chi connectivity index (χ0n) is 11.5. The largest absolute Gasteiger partial charge is 0.354 e. The first-order valence-corrected chi connectivity index (χ1v) is 7.24. The van der Waals surface area contributed by atoms with Gasteiger partial charge >= 0.3 is 0 Å². The predicted molar refractivity (Wildman–Crippen MR) is 80.3 cm³/mol. The number of hydrogen-bond donors (Lipinski definition) is 1. The predicted octanol–water partition coefficient (Wildman–Crippen LogP) is 2.77. The van der Waals surface area contributed by atoms with Crippen LogP contribution in [0.1, 0.15) is 24.2 Å². The van der Waals surface area contributed by atoms with Gasteiger partial charge in [-0.25, -0.2) is 9.37 Å². The maximum Gasteiger partial charge on any atom is 0.275 e. The van der Waals surface area contributed by atoms with Crippen LogP contribution in [0.3, 0.4) is 0 Å². The molecule has 0 aliphatic heterocycles. The van der Waals surface area contributed by atoms with Crippen LogP contribution in [0.2, 0.25) is 0 Å². The van der Waals surface area contributed by atoms with Crippen molar-refractivity contribution < 1.29 is 4.39 Å². The second-order valence-electron chi connectivity index (χ2n) is 4.75. The van der Waals surface area contributed by atoms with Crippen LogP contribution in [-0.4, -0.2) is 14.6 Å². The Bertz CT molecular complexity index is 840. The van der Waals surface area contributed by atoms with Gasteiger partial charge in [0.1, 0.15) is 5.82 Å². The molecule has 7 heteroatoms. The van der Waals surface area contributed by atoms with Crippen molar-refractivity contribution in [3.05, 3.63) is 57.8 Å². The van der Waals surface area contributed by atoms with E-state index in [-0.39, 0.29) is 17.4 Å². The summed E-state index contributed by atoms with van der Waals surface area (Å²) < 4.78 is 14.2. The van der Waals surface area contributed by atoms with Crippen LogP contribution < -0.4 is 10.9 Å². The molecule has 0 fully saturated rings. The molecule has 0 saturated heterocycles. The Morgan fingerprint density at radius 3 is 2.76 bits per heavy atom. The highest BCUT2D eigenvalue weighted by Crippen LogP contribution is 2.23. The van der Waals surface area contributed by atoms with Gasteiger partial charge in [0.05, 0.1) is 6.04 Å². The van der Waals surface area contributed by atoms with Gasteiger partial charge in [-0.1, -0.05) is 23.5 Å². The first-order valence-electron chi connectivity index (χ1n) is 6.42. The van der Waals surface area contributed by atoms with E-state index in [9.17, 15) is 9.18 Å². The lowest BCUT2D eigenvalue weighted by Gasteiger charge is -2.12. The fourth-order valence-corrected chi connectivity index (χ4v) is 2.94. The van der Waals surface area contributed by atoms with Crippen molar-refractivity contribution in [1.82, 2.24) is 14.6 Å². The number of nitrogens with one attached hydrogen (secondary N) is 1. The number of hydrogen-bond acceptors (Lipinski definition) is 5. The Morgan fingerprint density at radius 1 is 1.33 bits per heavy atom. The summed E-state index contributed by atoms with van der Waals surface area (Å²) in [5, 5.41) is 8.01. The molecule has 5 nitrogen and oxygen atoms in total. The lowest BCUT2D eigenvalue weighted by Crippen LogP contribution is -2.14. The van der Waals surface area contributed by atoms with Crippen molar-refractivity contribution in [2.75, 3.05) is 5.32 Å². The molecule has 0 radical (unpaired) electrons. The third kappa shape index (κ3) is 2.78. The summed E-state index contributed by atoms with van der Waals surface area (Å²) in [6.07, 6.45) is 0. The van der Waals surface area contributed by atoms with Gasteiger partial charge in [-0.3, -0.25) is 4.79 Å². The van der Waals surface area contributed by atoms with Crippen LogP contribution in [0.25, 0.3) is 4.96 Å². The molecule has 1 aromatic carbocycles. The van der Waals surface area contributed by atoms with Gasteiger partial charge < -0.3 is 5.32 Å². The smallest absolute Gasteiger partial charge is 0.275 e. The normalized spacial score (nSPS) is 12.5. The van der Waals surface area contributed by atoms with Crippen LogP contribution in [-0.2, 0) is 0 Å². The quantitative estimate of drug-likeness (QED) is 0.808. The van der Waals surface area contributed by atoms with Gasteiger partial charge in [0, 0.05) is 11.8 Å². The molecule has 21 heavy (non-hydrogen) atoms. The molecule has 0 aliphatic rings. The molecule has 108 valence electrons. The van der Waals surface area contributed by atoms with E-state index in [1.807, 2.05) is 6.92 Å². The first-order chi connectivity index (χ1) is 10.0. The fourth-order valence-electron chi connectivity index (χ4n) is 2.00. The SMILES string of the molecule is Cc1cc(=O)n2nc(N[C@H](C)c3ccc(F)cc3)sc2n1. The van der Waals surface area contributed by atoms with Gasteiger partial charge in [-0.2, -0.15) is 4.52 Å². The van der Waals surface area contributed by atoms with Crippen LogP contribution in [0.15, 0.2) is 35.1 Å². The van der Waals surface area contributed by atoms with Crippen molar-refractivity contribution in [2.24, 2.45) is 0 Å². The molecule has 2 heterocycles. The zero-order valence-corrected chi connectivity index (χ0v) is 12.3. The van der Waals surface area contributed by atoms with E-state index in [1.165, 1.54) is 34.1 Å². The molecule has 0 unspecified atom stereocenters. The molecular weight excluding hydrogens is 291 g/mol. The summed E-state index contributed by atoms with van der Waals surface area (Å²) in [7, 11) is 0. The summed E-state index contributed by atoms with van der Waals surface area (Å²) in [5.41, 5.74) is 1.41. The van der Waals surface area contributed by atoms with E-state index in [0.29, 0.717) is 15.8 Å². The molecule has 0 amide bonds. The molecule has 3 aromatic rings. The van der Waals surface area contributed by atoms with Crippen LogP contribution in [0, 0.1) is 12.7 Å². The number of rotatable bonds is 3. The number of fused-ring (bicyclic) bond motifs is 1. The minimum atomic E-state index is -0.267. The number of aromatic nitrogens is 3. The second-order valence-corrected chi connectivity index (χ2v) is 5.71. The summed E-state index contributed by atoms with van der Waals surface area (Å²) in [6.45, 7) is 3.72. The Balaban J connectivity index is 1.89. The van der Waals surface area contributed by atoms with E-state index < -0.39 is 0 Å². The van der Waals surface area contributed by atoms with E-state index >= 15 is 0 Å². The van der Waals surface area contributed by atoms with Crippen LogP contribution >= 0.6 is 11.3 Å². The van der Waals surface area contributed by atoms with Gasteiger partial charge in [0.15, 0.2) is 0 Å². The Morgan fingerprint density at radius 2 is 2.05 bits per heavy atom. The molecule has 0 bridgehead atoms. The standard InChI is InChI=1S/C14H13FN4OS/c1-8-7-12(20)19-14(16-8)21-13(18-19)17-9(2)10-3-5-11(15)6-4-10/h3-7,9H,1-2H3,(H,17,18)/t9-/m1/s1. The maximum absolute atomic E-state index is 12.9. The van der Waals surface area contributed by atoms with Crippen molar-refractivity contribution >= 4 is 21.4 Å². The Labute approximate surface area is 124 Å².